The normalized spacial score (nSPS) is 24.0. The summed E-state index contributed by atoms with van der Waals surface area (Å²) in [6, 6.07) is 1.03. The molecule has 4 aliphatic heterocycles. The van der Waals surface area contributed by atoms with Gasteiger partial charge in [0.2, 0.25) is 35.7 Å². The van der Waals surface area contributed by atoms with E-state index in [1.807, 2.05) is 0 Å². The summed E-state index contributed by atoms with van der Waals surface area (Å²) < 4.78 is 0. The number of aromatic nitrogens is 6. The zero-order valence-corrected chi connectivity index (χ0v) is 54.9. The van der Waals surface area contributed by atoms with Crippen LogP contribution in [0.3, 0.4) is 0 Å². The summed E-state index contributed by atoms with van der Waals surface area (Å²) in [6.07, 6.45) is 21.6. The van der Waals surface area contributed by atoms with E-state index in [1.54, 1.807) is 0 Å². The minimum Gasteiger partial charge on any atom is -0.354 e. The predicted octanol–water partition coefficient (Wildman–Crippen LogP) is 13.7. The molecule has 0 aliphatic carbocycles. The smallest absolute Gasteiger partial charge is 0.229 e. The van der Waals surface area contributed by atoms with Crippen molar-refractivity contribution in [2.24, 2.45) is 23.7 Å². The molecule has 4 saturated heterocycles. The van der Waals surface area contributed by atoms with E-state index in [0.29, 0.717) is 59.4 Å². The fraction of sp³-hybridized carbons (Fsp3) is 0.906. The molecule has 458 valence electrons. The molecule has 0 radical (unpaired) electrons. The lowest BCUT2D eigenvalue weighted by atomic mass is 9.72. The van der Waals surface area contributed by atoms with E-state index in [2.05, 4.69) is 192 Å². The highest BCUT2D eigenvalue weighted by Crippen LogP contribution is 2.41. The molecule has 4 atom stereocenters. The molecule has 16 nitrogen and oxygen atoms in total. The van der Waals surface area contributed by atoms with Gasteiger partial charge in [-0.05, 0) is 224 Å². The van der Waals surface area contributed by atoms with Crippen molar-refractivity contribution in [3.8, 4) is 0 Å². The first kappa shape index (κ1) is 65.8. The van der Waals surface area contributed by atoms with Crippen LogP contribution in [0.15, 0.2) is 0 Å². The number of hydrogen-bond acceptors (Lipinski definition) is 16. The van der Waals surface area contributed by atoms with Gasteiger partial charge in [-0.3, -0.25) is 0 Å². The average Bonchev–Trinajstić information content (AvgIpc) is 3.42. The second kappa shape index (κ2) is 27.1. The SMILES string of the molecule is CCCC(Nc1nc(NCCCCCCNc2nc(NC(CCC)C3CC(C)(C)NC(C)(C)C3)nc(NC(CCC)C3CC(C)(C)NC(C)(C)C3)n2)nc(NC(CCC)C2CC(C)(C)NC(C)(C)C2)n1)C1CC(C)(C)NC(C)(C)C1. The minimum absolute atomic E-state index is 0.0495. The maximum atomic E-state index is 5.18. The molecule has 0 saturated carbocycles. The third-order valence-electron chi connectivity index (χ3n) is 17.8. The summed E-state index contributed by atoms with van der Waals surface area (Å²) >= 11 is 0. The van der Waals surface area contributed by atoms with Crippen molar-refractivity contribution in [2.75, 3.05) is 45.0 Å². The number of piperidine rings is 4. The Hall–Kier alpha value is -3.34. The van der Waals surface area contributed by atoms with Gasteiger partial charge in [0, 0.05) is 81.6 Å². The van der Waals surface area contributed by atoms with Crippen molar-refractivity contribution >= 4 is 35.7 Å². The third-order valence-corrected chi connectivity index (χ3v) is 17.8. The molecule has 2 aromatic heterocycles. The molecular formula is C64H122N16. The highest BCUT2D eigenvalue weighted by Gasteiger charge is 2.45. The van der Waals surface area contributed by atoms with Crippen LogP contribution in [-0.2, 0) is 0 Å². The molecule has 4 aliphatic rings. The lowest BCUT2D eigenvalue weighted by molar-refractivity contribution is 0.114. The van der Waals surface area contributed by atoms with E-state index in [0.717, 1.165) is 142 Å². The monoisotopic (exact) mass is 1120 g/mol. The quantitative estimate of drug-likeness (QED) is 0.0345. The van der Waals surface area contributed by atoms with E-state index in [1.165, 1.54) is 0 Å². The van der Waals surface area contributed by atoms with Crippen LogP contribution in [0.2, 0.25) is 0 Å². The first-order valence-electron chi connectivity index (χ1n) is 32.4. The van der Waals surface area contributed by atoms with E-state index in [4.69, 9.17) is 29.9 Å². The zero-order valence-electron chi connectivity index (χ0n) is 54.9. The Morgan fingerprint density at radius 1 is 0.312 bits per heavy atom. The van der Waals surface area contributed by atoms with E-state index in [9.17, 15) is 0 Å². The molecule has 10 N–H and O–H groups in total. The average molecular weight is 1120 g/mol. The fourth-order valence-electron chi connectivity index (χ4n) is 16.5. The van der Waals surface area contributed by atoms with Crippen LogP contribution in [0, 0.1) is 23.7 Å². The highest BCUT2D eigenvalue weighted by atomic mass is 15.3. The van der Waals surface area contributed by atoms with Crippen molar-refractivity contribution in [3.63, 3.8) is 0 Å². The van der Waals surface area contributed by atoms with Crippen LogP contribution in [0.1, 0.15) is 267 Å². The Bertz CT molecular complexity index is 1870. The topological polar surface area (TPSA) is 198 Å². The molecule has 80 heavy (non-hydrogen) atoms. The maximum absolute atomic E-state index is 5.18. The molecule has 6 rings (SSSR count). The molecule has 0 spiro atoms. The third kappa shape index (κ3) is 20.8. The molecule has 4 unspecified atom stereocenters. The van der Waals surface area contributed by atoms with Gasteiger partial charge in [0.15, 0.2) is 0 Å². The van der Waals surface area contributed by atoms with Crippen molar-refractivity contribution in [1.82, 2.24) is 51.2 Å². The molecule has 2 aromatic rings. The number of unbranched alkanes of at least 4 members (excludes halogenated alkanes) is 3. The lowest BCUT2D eigenvalue weighted by Gasteiger charge is -2.49. The van der Waals surface area contributed by atoms with Gasteiger partial charge in [-0.15, -0.1) is 0 Å². The summed E-state index contributed by atoms with van der Waals surface area (Å²) in [5.41, 5.74) is 0.396. The lowest BCUT2D eigenvalue weighted by Crippen LogP contribution is -2.60. The van der Waals surface area contributed by atoms with Gasteiger partial charge in [0.1, 0.15) is 0 Å². The Morgan fingerprint density at radius 3 is 0.688 bits per heavy atom. The molecule has 4 fully saturated rings. The van der Waals surface area contributed by atoms with Crippen LogP contribution < -0.4 is 53.2 Å². The maximum Gasteiger partial charge on any atom is 0.229 e. The van der Waals surface area contributed by atoms with Gasteiger partial charge in [-0.25, -0.2) is 0 Å². The summed E-state index contributed by atoms with van der Waals surface area (Å²) in [6.45, 7) is 48.3. The number of nitrogens with one attached hydrogen (secondary N) is 10. The Kier molecular flexibility index (Phi) is 22.3. The molecule has 0 aromatic carbocycles. The second-order valence-corrected chi connectivity index (χ2v) is 31.3. The van der Waals surface area contributed by atoms with Gasteiger partial charge >= 0.3 is 0 Å². The summed E-state index contributed by atoms with van der Waals surface area (Å²) in [5, 5.41) is 38.6. The standard InChI is InChI=1S/C64H122N16/c1-21-29-47(43-35-57(5,6)77-58(7,8)36-43)67-53-71-51(72-54(75-53)68-48(30-22-2)44-37-59(9,10)78-60(11,12)38-44)65-33-27-25-26-28-34-66-52-73-55(69-49(31-23-3)45-39-61(13,14)79-62(15,16)40-45)76-56(74-52)70-50(32-24-4)46-41-63(17,18)80-64(19,20)42-46/h43-50,77-80H,21-42H2,1-20H3,(H3,65,67,68,71,72,75)(H3,66,69,70,73,74,76). The van der Waals surface area contributed by atoms with Crippen LogP contribution >= 0.6 is 0 Å². The van der Waals surface area contributed by atoms with E-state index < -0.39 is 0 Å². The number of anilines is 6. The summed E-state index contributed by atoms with van der Waals surface area (Å²) in [5.74, 6) is 5.89. The van der Waals surface area contributed by atoms with Gasteiger partial charge in [-0.2, -0.15) is 29.9 Å². The van der Waals surface area contributed by atoms with Crippen LogP contribution in [0.25, 0.3) is 0 Å². The molecule has 16 heteroatoms. The Morgan fingerprint density at radius 2 is 0.500 bits per heavy atom. The van der Waals surface area contributed by atoms with E-state index >= 15 is 0 Å². The van der Waals surface area contributed by atoms with Crippen LogP contribution in [0.5, 0.6) is 0 Å². The molecule has 6 heterocycles. The highest BCUT2D eigenvalue weighted by molar-refractivity contribution is 5.45. The first-order valence-corrected chi connectivity index (χ1v) is 32.4. The largest absolute Gasteiger partial charge is 0.354 e. The second-order valence-electron chi connectivity index (χ2n) is 31.3. The van der Waals surface area contributed by atoms with Crippen molar-refractivity contribution < 1.29 is 0 Å². The number of nitrogens with zero attached hydrogens (tertiary/aromatic N) is 6. The minimum atomic E-state index is 0.0495. The molecule has 0 amide bonds. The number of rotatable bonds is 29. The van der Waals surface area contributed by atoms with Gasteiger partial charge in [0.05, 0.1) is 0 Å². The van der Waals surface area contributed by atoms with Crippen molar-refractivity contribution in [2.45, 2.75) is 335 Å². The van der Waals surface area contributed by atoms with Crippen LogP contribution in [-0.4, -0.2) is 111 Å². The van der Waals surface area contributed by atoms with Gasteiger partial charge in [-0.1, -0.05) is 66.2 Å². The Labute approximate surface area is 488 Å². The van der Waals surface area contributed by atoms with Gasteiger partial charge < -0.3 is 53.2 Å². The molecular weight excluding hydrogens is 993 g/mol. The fourth-order valence-corrected chi connectivity index (χ4v) is 16.5. The molecule has 0 bridgehead atoms. The summed E-state index contributed by atoms with van der Waals surface area (Å²) in [7, 11) is 0. The van der Waals surface area contributed by atoms with Crippen LogP contribution in [0.4, 0.5) is 35.7 Å². The van der Waals surface area contributed by atoms with Gasteiger partial charge in [0.25, 0.3) is 0 Å². The zero-order chi connectivity index (χ0) is 59.0. The predicted molar refractivity (Wildman–Crippen MR) is 340 cm³/mol. The summed E-state index contributed by atoms with van der Waals surface area (Å²) in [4.78, 5) is 30.8. The van der Waals surface area contributed by atoms with E-state index in [-0.39, 0.29) is 68.5 Å². The Balaban J connectivity index is 1.14. The van der Waals surface area contributed by atoms with Crippen molar-refractivity contribution in [3.05, 3.63) is 0 Å². The first-order chi connectivity index (χ1) is 37.2. The van der Waals surface area contributed by atoms with Crippen molar-refractivity contribution in [1.29, 1.82) is 0 Å². The number of hydrogen-bond donors (Lipinski definition) is 10.